The zero-order valence-corrected chi connectivity index (χ0v) is 13.8. The average Bonchev–Trinajstić information content (AvgIpc) is 2.70. The molecule has 0 aliphatic carbocycles. The Morgan fingerprint density at radius 3 is 1.16 bits per heavy atom. The molecule has 4 rings (SSSR count). The molecule has 120 valence electrons. The summed E-state index contributed by atoms with van der Waals surface area (Å²) in [5.74, 6) is 1.72. The number of hydrogen-bond acceptors (Lipinski definition) is 1. The number of ether oxygens (including phenoxy) is 1. The third kappa shape index (κ3) is 3.31. The first-order valence-corrected chi connectivity index (χ1v) is 8.38. The molecule has 0 N–H and O–H groups in total. The molecule has 0 aliphatic rings. The minimum atomic E-state index is 0.858. The molecule has 1 heteroatoms. The van der Waals surface area contributed by atoms with Crippen LogP contribution < -0.4 is 4.74 Å². The Bertz CT molecular complexity index is 878. The van der Waals surface area contributed by atoms with E-state index < -0.39 is 0 Å². The summed E-state index contributed by atoms with van der Waals surface area (Å²) in [4.78, 5) is 0. The van der Waals surface area contributed by atoms with Crippen LogP contribution in [0, 0.1) is 0 Å². The van der Waals surface area contributed by atoms with Gasteiger partial charge >= 0.3 is 0 Å². The lowest BCUT2D eigenvalue weighted by Gasteiger charge is -2.14. The van der Waals surface area contributed by atoms with Gasteiger partial charge in [0.2, 0.25) is 0 Å². The maximum atomic E-state index is 6.35. The zero-order valence-electron chi connectivity index (χ0n) is 13.8. The number of para-hydroxylation sites is 2. The van der Waals surface area contributed by atoms with E-state index in [1.165, 1.54) is 0 Å². The molecular formula is C24H18O. The summed E-state index contributed by atoms with van der Waals surface area (Å²) >= 11 is 0. The van der Waals surface area contributed by atoms with Crippen molar-refractivity contribution in [3.8, 4) is 33.8 Å². The van der Waals surface area contributed by atoms with Crippen LogP contribution in [0.2, 0.25) is 0 Å². The van der Waals surface area contributed by atoms with Gasteiger partial charge < -0.3 is 4.74 Å². The van der Waals surface area contributed by atoms with Crippen molar-refractivity contribution in [2.75, 3.05) is 0 Å². The lowest BCUT2D eigenvalue weighted by molar-refractivity contribution is 0.486. The fourth-order valence-corrected chi connectivity index (χ4v) is 2.94. The van der Waals surface area contributed by atoms with Gasteiger partial charge in [-0.3, -0.25) is 0 Å². The SMILES string of the molecule is c1ccc(-c2ccccc2Oc2ccccc2-c2ccccc2)cc1. The second kappa shape index (κ2) is 7.06. The Hall–Kier alpha value is -3.32. The normalized spacial score (nSPS) is 10.4. The largest absolute Gasteiger partial charge is 0.456 e. The van der Waals surface area contributed by atoms with E-state index in [2.05, 4.69) is 36.4 Å². The highest BCUT2D eigenvalue weighted by Crippen LogP contribution is 2.37. The van der Waals surface area contributed by atoms with Crippen LogP contribution in [0.25, 0.3) is 22.3 Å². The molecule has 0 spiro atoms. The zero-order chi connectivity index (χ0) is 16.9. The first-order valence-electron chi connectivity index (χ1n) is 8.38. The summed E-state index contributed by atoms with van der Waals surface area (Å²) in [5.41, 5.74) is 4.47. The Balaban J connectivity index is 1.76. The molecule has 4 aromatic rings. The van der Waals surface area contributed by atoms with Crippen LogP contribution in [-0.2, 0) is 0 Å². The molecule has 0 bridgehead atoms. The molecule has 0 unspecified atom stereocenters. The van der Waals surface area contributed by atoms with Crippen LogP contribution in [0.15, 0.2) is 109 Å². The molecule has 0 saturated heterocycles. The van der Waals surface area contributed by atoms with Gasteiger partial charge in [0.25, 0.3) is 0 Å². The van der Waals surface area contributed by atoms with Crippen molar-refractivity contribution in [3.63, 3.8) is 0 Å². The van der Waals surface area contributed by atoms with E-state index in [4.69, 9.17) is 4.74 Å². The Morgan fingerprint density at radius 2 is 0.720 bits per heavy atom. The van der Waals surface area contributed by atoms with Gasteiger partial charge in [0, 0.05) is 11.1 Å². The Kier molecular flexibility index (Phi) is 4.30. The third-order valence-corrected chi connectivity index (χ3v) is 4.16. The number of benzene rings is 4. The summed E-state index contributed by atoms with van der Waals surface area (Å²) < 4.78 is 6.35. The average molecular weight is 322 g/mol. The quantitative estimate of drug-likeness (QED) is 0.401. The van der Waals surface area contributed by atoms with Gasteiger partial charge in [-0.15, -0.1) is 0 Å². The summed E-state index contributed by atoms with van der Waals surface area (Å²) in [6, 6.07) is 37.0. The van der Waals surface area contributed by atoms with Crippen molar-refractivity contribution in [3.05, 3.63) is 109 Å². The second-order valence-corrected chi connectivity index (χ2v) is 5.83. The van der Waals surface area contributed by atoms with E-state index in [1.54, 1.807) is 0 Å². The van der Waals surface area contributed by atoms with E-state index in [9.17, 15) is 0 Å². The van der Waals surface area contributed by atoms with Crippen molar-refractivity contribution < 1.29 is 4.74 Å². The molecule has 0 aromatic heterocycles. The molecule has 0 saturated carbocycles. The monoisotopic (exact) mass is 322 g/mol. The summed E-state index contributed by atoms with van der Waals surface area (Å²) in [7, 11) is 0. The fraction of sp³-hybridized carbons (Fsp3) is 0. The first kappa shape index (κ1) is 15.2. The Morgan fingerprint density at radius 1 is 0.360 bits per heavy atom. The second-order valence-electron chi connectivity index (χ2n) is 5.83. The molecule has 0 aliphatic heterocycles. The van der Waals surface area contributed by atoms with Gasteiger partial charge in [-0.05, 0) is 23.3 Å². The van der Waals surface area contributed by atoms with Crippen LogP contribution >= 0.6 is 0 Å². The van der Waals surface area contributed by atoms with E-state index in [1.807, 2.05) is 72.8 Å². The summed E-state index contributed by atoms with van der Waals surface area (Å²) in [5, 5.41) is 0. The highest BCUT2D eigenvalue weighted by molar-refractivity contribution is 5.74. The van der Waals surface area contributed by atoms with Gasteiger partial charge in [-0.2, -0.15) is 0 Å². The maximum Gasteiger partial charge on any atom is 0.135 e. The van der Waals surface area contributed by atoms with Crippen molar-refractivity contribution in [2.45, 2.75) is 0 Å². The Labute approximate surface area is 148 Å². The van der Waals surface area contributed by atoms with E-state index in [0.29, 0.717) is 0 Å². The van der Waals surface area contributed by atoms with Crippen LogP contribution in [0.1, 0.15) is 0 Å². The smallest absolute Gasteiger partial charge is 0.135 e. The molecule has 1 nitrogen and oxygen atoms in total. The lowest BCUT2D eigenvalue weighted by Crippen LogP contribution is -1.90. The predicted octanol–water partition coefficient (Wildman–Crippen LogP) is 6.81. The van der Waals surface area contributed by atoms with E-state index >= 15 is 0 Å². The highest BCUT2D eigenvalue weighted by Gasteiger charge is 2.10. The highest BCUT2D eigenvalue weighted by atomic mass is 16.5. The lowest BCUT2D eigenvalue weighted by atomic mass is 10.0. The first-order chi connectivity index (χ1) is 12.4. The maximum absolute atomic E-state index is 6.35. The standard InChI is InChI=1S/C24H18O/c1-3-11-19(12-4-1)21-15-7-9-17-23(21)25-24-18-10-8-16-22(24)20-13-5-2-6-14-20/h1-18H. The van der Waals surface area contributed by atoms with Gasteiger partial charge in [-0.25, -0.2) is 0 Å². The van der Waals surface area contributed by atoms with Crippen molar-refractivity contribution >= 4 is 0 Å². The molecule has 0 amide bonds. The fourth-order valence-electron chi connectivity index (χ4n) is 2.94. The summed E-state index contributed by atoms with van der Waals surface area (Å²) in [6.07, 6.45) is 0. The van der Waals surface area contributed by atoms with Gasteiger partial charge in [0.05, 0.1) is 0 Å². The van der Waals surface area contributed by atoms with Gasteiger partial charge in [0.1, 0.15) is 11.5 Å². The molecule has 25 heavy (non-hydrogen) atoms. The predicted molar refractivity (Wildman–Crippen MR) is 104 cm³/mol. The van der Waals surface area contributed by atoms with Crippen molar-refractivity contribution in [1.82, 2.24) is 0 Å². The minimum absolute atomic E-state index is 0.858. The number of hydrogen-bond donors (Lipinski definition) is 0. The van der Waals surface area contributed by atoms with Gasteiger partial charge in [-0.1, -0.05) is 97.1 Å². The molecule has 0 atom stereocenters. The molecule has 0 radical (unpaired) electrons. The van der Waals surface area contributed by atoms with E-state index in [0.717, 1.165) is 33.8 Å². The molecule has 4 aromatic carbocycles. The van der Waals surface area contributed by atoms with Crippen molar-refractivity contribution in [2.24, 2.45) is 0 Å². The van der Waals surface area contributed by atoms with Crippen molar-refractivity contribution in [1.29, 1.82) is 0 Å². The van der Waals surface area contributed by atoms with Crippen LogP contribution in [0.4, 0.5) is 0 Å². The molecule has 0 fully saturated rings. The van der Waals surface area contributed by atoms with Crippen LogP contribution in [-0.4, -0.2) is 0 Å². The van der Waals surface area contributed by atoms with Crippen LogP contribution in [0.3, 0.4) is 0 Å². The molecule has 0 heterocycles. The third-order valence-electron chi connectivity index (χ3n) is 4.16. The van der Waals surface area contributed by atoms with Gasteiger partial charge in [0.15, 0.2) is 0 Å². The number of rotatable bonds is 4. The minimum Gasteiger partial charge on any atom is -0.456 e. The van der Waals surface area contributed by atoms with E-state index in [-0.39, 0.29) is 0 Å². The molecular weight excluding hydrogens is 304 g/mol. The topological polar surface area (TPSA) is 9.23 Å². The summed E-state index contributed by atoms with van der Waals surface area (Å²) in [6.45, 7) is 0. The van der Waals surface area contributed by atoms with Crippen LogP contribution in [0.5, 0.6) is 11.5 Å².